The highest BCUT2D eigenvalue weighted by Crippen LogP contribution is 2.84. The van der Waals surface area contributed by atoms with Gasteiger partial charge in [0.2, 0.25) is 11.9 Å². The van der Waals surface area contributed by atoms with E-state index in [-0.39, 0.29) is 0 Å². The van der Waals surface area contributed by atoms with E-state index in [9.17, 15) is 34.8 Å². The first-order valence-corrected chi connectivity index (χ1v) is 10.3. The van der Waals surface area contributed by atoms with Crippen molar-refractivity contribution in [2.45, 2.75) is 75.7 Å². The Balaban J connectivity index is 1.75. The van der Waals surface area contributed by atoms with Gasteiger partial charge in [-0.3, -0.25) is 4.79 Å². The quantitative estimate of drug-likeness (QED) is 0.234. The molecule has 0 unspecified atom stereocenters. The van der Waals surface area contributed by atoms with E-state index < -0.39 is 94.0 Å². The number of aliphatic hydroxyl groups excluding tert-OH is 3. The minimum Gasteiger partial charge on any atom is -0.456 e. The number of fused-ring (bicyclic) bond motifs is 1. The second-order valence-electron chi connectivity index (χ2n) is 10.8. The minimum atomic E-state index is -2.40. The van der Waals surface area contributed by atoms with Crippen LogP contribution in [0.1, 0.15) is 27.7 Å². The molecule has 11 heteroatoms. The lowest BCUT2D eigenvalue weighted by molar-refractivity contribution is -0.240. The molecule has 0 aromatic heterocycles. The number of aliphatic hydroxyl groups is 4. The van der Waals surface area contributed by atoms with Crippen LogP contribution >= 0.6 is 0 Å². The van der Waals surface area contributed by atoms with E-state index in [0.29, 0.717) is 0 Å². The molecule has 2 saturated carbocycles. The summed E-state index contributed by atoms with van der Waals surface area (Å²) in [6, 6.07) is 0. The molecule has 0 bridgehead atoms. The Morgan fingerprint density at radius 1 is 0.935 bits per heavy atom. The molecule has 4 N–H and O–H groups in total. The van der Waals surface area contributed by atoms with Gasteiger partial charge in [-0.2, -0.15) is 0 Å². The number of hydrogen-bond donors (Lipinski definition) is 4. The van der Waals surface area contributed by atoms with Gasteiger partial charge in [0.15, 0.2) is 17.8 Å². The van der Waals surface area contributed by atoms with E-state index in [2.05, 4.69) is 0 Å². The van der Waals surface area contributed by atoms with Crippen molar-refractivity contribution in [1.29, 1.82) is 0 Å². The molecule has 4 saturated heterocycles. The molecule has 6 fully saturated rings. The van der Waals surface area contributed by atoms with Crippen molar-refractivity contribution in [3.8, 4) is 0 Å². The SMILES string of the molecule is C[C@@H]1C(=O)O[C@H]2[C@@H](O)[C@]34[C@@H]5OC(=O)[C@]3(O[C@@H]3OC(=O)[C@H](O)[C@]34[C@H](C(C)(C)C)[C@H]5O)[C@@]12O. The van der Waals surface area contributed by atoms with Crippen LogP contribution in [0.5, 0.6) is 0 Å². The van der Waals surface area contributed by atoms with E-state index in [1.54, 1.807) is 20.8 Å². The molecule has 0 amide bonds. The van der Waals surface area contributed by atoms with Crippen LogP contribution in [0.4, 0.5) is 0 Å². The van der Waals surface area contributed by atoms with Crippen LogP contribution in [0.2, 0.25) is 0 Å². The normalized spacial score (nSPS) is 61.0. The highest BCUT2D eigenvalue weighted by atomic mass is 16.8. The van der Waals surface area contributed by atoms with Crippen LogP contribution in [0.25, 0.3) is 0 Å². The molecule has 4 heterocycles. The Labute approximate surface area is 176 Å². The second kappa shape index (κ2) is 4.91. The molecule has 4 aliphatic heterocycles. The summed E-state index contributed by atoms with van der Waals surface area (Å²) >= 11 is 0. The van der Waals surface area contributed by atoms with Crippen LogP contribution < -0.4 is 0 Å². The van der Waals surface area contributed by atoms with Gasteiger partial charge in [0.1, 0.15) is 12.2 Å². The Hall–Kier alpha value is -1.79. The lowest BCUT2D eigenvalue weighted by atomic mass is 9.51. The van der Waals surface area contributed by atoms with Gasteiger partial charge in [0.25, 0.3) is 0 Å². The van der Waals surface area contributed by atoms with Crippen LogP contribution in [0, 0.1) is 28.1 Å². The predicted molar refractivity (Wildman–Crippen MR) is 93.4 cm³/mol. The van der Waals surface area contributed by atoms with Gasteiger partial charge in [-0.15, -0.1) is 0 Å². The van der Waals surface area contributed by atoms with Crippen LogP contribution in [0.15, 0.2) is 0 Å². The standard InChI is InChI=1S/C20H24O11/c1-5-12(24)28-11-8(22)18-10-6(21)7(16(2,3)4)17(18)9(23)13(25)30-15(17)31-20(18,14(26)29-10)19(5,11)27/h5-11,15,21-23,27H,1-4H3/t5-,6-,7+,8-,9+,10-,11+,15+,17-,18-,19-,20-/m1/s1. The summed E-state index contributed by atoms with van der Waals surface area (Å²) in [5, 5.41) is 46.1. The molecule has 31 heavy (non-hydrogen) atoms. The Kier molecular flexibility index (Phi) is 3.15. The average molecular weight is 440 g/mol. The topological polar surface area (TPSA) is 169 Å². The third-order valence-electron chi connectivity index (χ3n) is 8.95. The average Bonchev–Trinajstić information content (AvgIpc) is 3.35. The van der Waals surface area contributed by atoms with Crippen molar-refractivity contribution in [3.63, 3.8) is 0 Å². The molecule has 12 atom stereocenters. The zero-order valence-corrected chi connectivity index (χ0v) is 17.3. The van der Waals surface area contributed by atoms with E-state index in [4.69, 9.17) is 18.9 Å². The molecule has 11 nitrogen and oxygen atoms in total. The molecule has 0 aromatic carbocycles. The Bertz CT molecular complexity index is 957. The third-order valence-corrected chi connectivity index (χ3v) is 8.95. The first-order chi connectivity index (χ1) is 14.3. The van der Waals surface area contributed by atoms with Crippen molar-refractivity contribution < 1.29 is 53.8 Å². The van der Waals surface area contributed by atoms with Crippen molar-refractivity contribution in [2.24, 2.45) is 28.1 Å². The van der Waals surface area contributed by atoms with Crippen molar-refractivity contribution in [2.75, 3.05) is 0 Å². The zero-order chi connectivity index (χ0) is 22.7. The van der Waals surface area contributed by atoms with E-state index in [1.807, 2.05) is 0 Å². The fourth-order valence-electron chi connectivity index (χ4n) is 8.27. The first kappa shape index (κ1) is 19.9. The largest absolute Gasteiger partial charge is 0.456 e. The molecule has 6 aliphatic rings. The molecular formula is C20H24O11. The summed E-state index contributed by atoms with van der Waals surface area (Å²) in [5.74, 6) is -5.22. The molecule has 6 rings (SSSR count). The number of ether oxygens (including phenoxy) is 4. The molecule has 2 aliphatic carbocycles. The molecule has 0 aromatic rings. The van der Waals surface area contributed by atoms with Gasteiger partial charge in [0, 0.05) is 5.92 Å². The fraction of sp³-hybridized carbons (Fsp3) is 0.850. The van der Waals surface area contributed by atoms with E-state index in [1.165, 1.54) is 6.92 Å². The monoisotopic (exact) mass is 440 g/mol. The number of carbonyl (C=O) groups excluding carboxylic acids is 3. The third kappa shape index (κ3) is 1.43. The smallest absolute Gasteiger partial charge is 0.343 e. The molecular weight excluding hydrogens is 416 g/mol. The Morgan fingerprint density at radius 2 is 1.58 bits per heavy atom. The summed E-state index contributed by atoms with van der Waals surface area (Å²) in [6.07, 6.45) is -9.69. The number of carbonyl (C=O) groups is 3. The maximum Gasteiger partial charge on any atom is 0.343 e. The van der Waals surface area contributed by atoms with Gasteiger partial charge in [-0.05, 0) is 12.3 Å². The summed E-state index contributed by atoms with van der Waals surface area (Å²) in [6.45, 7) is 6.63. The Morgan fingerprint density at radius 3 is 2.19 bits per heavy atom. The predicted octanol–water partition coefficient (Wildman–Crippen LogP) is -2.40. The van der Waals surface area contributed by atoms with Gasteiger partial charge < -0.3 is 39.4 Å². The highest BCUT2D eigenvalue weighted by Gasteiger charge is 3.05. The maximum atomic E-state index is 13.4. The van der Waals surface area contributed by atoms with Crippen molar-refractivity contribution >= 4 is 17.9 Å². The van der Waals surface area contributed by atoms with Crippen molar-refractivity contribution in [1.82, 2.24) is 0 Å². The lowest BCUT2D eigenvalue weighted by Crippen LogP contribution is -2.67. The van der Waals surface area contributed by atoms with E-state index in [0.717, 1.165) is 0 Å². The summed E-state index contributed by atoms with van der Waals surface area (Å²) in [4.78, 5) is 38.3. The maximum absolute atomic E-state index is 13.4. The van der Waals surface area contributed by atoms with Crippen LogP contribution in [-0.4, -0.2) is 86.3 Å². The lowest BCUT2D eigenvalue weighted by Gasteiger charge is -2.47. The zero-order valence-electron chi connectivity index (χ0n) is 17.3. The van der Waals surface area contributed by atoms with Crippen LogP contribution in [-0.2, 0) is 33.3 Å². The number of rotatable bonds is 0. The summed E-state index contributed by atoms with van der Waals surface area (Å²) < 4.78 is 22.2. The second-order valence-corrected chi connectivity index (χ2v) is 10.8. The number of esters is 3. The molecule has 0 radical (unpaired) electrons. The highest BCUT2D eigenvalue weighted by molar-refractivity contribution is 5.94. The fourth-order valence-corrected chi connectivity index (χ4v) is 8.27. The van der Waals surface area contributed by atoms with Crippen molar-refractivity contribution in [3.05, 3.63) is 0 Å². The molecule has 2 spiro atoms. The van der Waals surface area contributed by atoms with Gasteiger partial charge in [-0.25, -0.2) is 9.59 Å². The van der Waals surface area contributed by atoms with Gasteiger partial charge >= 0.3 is 17.9 Å². The van der Waals surface area contributed by atoms with E-state index >= 15 is 0 Å². The first-order valence-electron chi connectivity index (χ1n) is 10.3. The summed E-state index contributed by atoms with van der Waals surface area (Å²) in [7, 11) is 0. The summed E-state index contributed by atoms with van der Waals surface area (Å²) in [5.41, 5.74) is -9.40. The minimum absolute atomic E-state index is 0.792. The number of hydrogen-bond acceptors (Lipinski definition) is 11. The van der Waals surface area contributed by atoms with Crippen LogP contribution in [0.3, 0.4) is 0 Å². The molecule has 170 valence electrons. The van der Waals surface area contributed by atoms with Gasteiger partial charge in [0.05, 0.1) is 22.9 Å². The van der Waals surface area contributed by atoms with Gasteiger partial charge in [-0.1, -0.05) is 20.8 Å².